The number of hydrogen-bond donors (Lipinski definition) is 1. The zero-order valence-corrected chi connectivity index (χ0v) is 18.0. The Labute approximate surface area is 191 Å². The minimum Gasteiger partial charge on any atom is -0.475 e. The second-order valence-electron chi connectivity index (χ2n) is 8.20. The number of fused-ring (bicyclic) bond motifs is 1. The molecule has 0 unspecified atom stereocenters. The molecule has 4 aromatic rings. The van der Waals surface area contributed by atoms with Gasteiger partial charge in [0.15, 0.2) is 0 Å². The maximum Gasteiger partial charge on any atom is 0.211 e. The number of hydrogen-bond acceptors (Lipinski definition) is 4. The minimum atomic E-state index is 0.0286. The summed E-state index contributed by atoms with van der Waals surface area (Å²) in [5, 5.41) is 4.14. The van der Waals surface area contributed by atoms with Crippen LogP contribution in [0, 0.1) is 0 Å². The van der Waals surface area contributed by atoms with E-state index in [4.69, 9.17) is 19.5 Å². The van der Waals surface area contributed by atoms with Crippen LogP contribution >= 0.6 is 0 Å². The molecule has 6 rings (SSSR count). The molecule has 162 valence electrons. The number of nitrogens with zero attached hydrogens (tertiary/aromatic N) is 2. The van der Waals surface area contributed by atoms with Gasteiger partial charge >= 0.3 is 0 Å². The summed E-state index contributed by atoms with van der Waals surface area (Å²) >= 11 is 0. The predicted octanol–water partition coefficient (Wildman–Crippen LogP) is 4.07. The zero-order chi connectivity index (χ0) is 22.0. The van der Waals surface area contributed by atoms with Crippen molar-refractivity contribution in [1.82, 2.24) is 4.98 Å². The molecule has 1 N–H and O–H groups in total. The van der Waals surface area contributed by atoms with Crippen molar-refractivity contribution in [3.8, 4) is 0 Å². The molecule has 0 radical (unpaired) electrons. The van der Waals surface area contributed by atoms with Gasteiger partial charge in [-0.2, -0.15) is 0 Å². The molecular weight excluding hydrogens is 410 g/mol. The number of aliphatic imine (C=N–C) groups is 2. The molecule has 2 aliphatic heterocycles. The van der Waals surface area contributed by atoms with Gasteiger partial charge in [-0.3, -0.25) is 0 Å². The second kappa shape index (κ2) is 8.43. The second-order valence-corrected chi connectivity index (χ2v) is 8.20. The molecule has 2 atom stereocenters. The summed E-state index contributed by atoms with van der Waals surface area (Å²) < 4.78 is 11.8. The Morgan fingerprint density at radius 1 is 0.606 bits per heavy atom. The fourth-order valence-electron chi connectivity index (χ4n) is 4.34. The third-order valence-corrected chi connectivity index (χ3v) is 6.03. The number of aromatic nitrogens is 1. The van der Waals surface area contributed by atoms with Crippen molar-refractivity contribution >= 4 is 34.7 Å². The van der Waals surface area contributed by atoms with Crippen molar-refractivity contribution in [3.05, 3.63) is 107 Å². The van der Waals surface area contributed by atoms with Gasteiger partial charge in [-0.15, -0.1) is 0 Å². The summed E-state index contributed by atoms with van der Waals surface area (Å²) in [6, 6.07) is 28.8. The van der Waals surface area contributed by atoms with E-state index in [9.17, 15) is 0 Å². The number of rotatable bonds is 4. The van der Waals surface area contributed by atoms with Gasteiger partial charge in [0.2, 0.25) is 11.8 Å². The average molecular weight is 434 g/mol. The van der Waals surface area contributed by atoms with Crippen molar-refractivity contribution < 1.29 is 9.47 Å². The van der Waals surface area contributed by atoms with Crippen LogP contribution in [0.2, 0.25) is 0 Å². The molecule has 5 heteroatoms. The summed E-state index contributed by atoms with van der Waals surface area (Å²) in [5.41, 5.74) is 2.33. The van der Waals surface area contributed by atoms with Crippen molar-refractivity contribution in [1.29, 1.82) is 0 Å². The highest BCUT2D eigenvalue weighted by Gasteiger charge is 2.20. The number of ether oxygens (including phenoxy) is 2. The predicted molar refractivity (Wildman–Crippen MR) is 132 cm³/mol. The van der Waals surface area contributed by atoms with E-state index in [1.807, 2.05) is 60.7 Å². The van der Waals surface area contributed by atoms with Crippen molar-refractivity contribution in [2.75, 3.05) is 13.2 Å². The van der Waals surface area contributed by atoms with E-state index >= 15 is 0 Å². The van der Waals surface area contributed by atoms with Crippen molar-refractivity contribution in [2.45, 2.75) is 12.1 Å². The smallest absolute Gasteiger partial charge is 0.211 e. The first-order chi connectivity index (χ1) is 16.3. The quantitative estimate of drug-likeness (QED) is 0.528. The number of H-pyrrole nitrogens is 1. The molecule has 0 aliphatic carbocycles. The number of benzene rings is 3. The molecule has 0 saturated carbocycles. The highest BCUT2D eigenvalue weighted by atomic mass is 16.5. The van der Waals surface area contributed by atoms with Crippen molar-refractivity contribution in [2.24, 2.45) is 9.98 Å². The molecule has 5 nitrogen and oxygen atoms in total. The monoisotopic (exact) mass is 433 g/mol. The Morgan fingerprint density at radius 3 is 1.48 bits per heavy atom. The van der Waals surface area contributed by atoms with Gasteiger partial charge in [-0.05, 0) is 11.1 Å². The van der Waals surface area contributed by atoms with Crippen molar-refractivity contribution in [3.63, 3.8) is 0 Å². The Bertz CT molecular complexity index is 1360. The third kappa shape index (κ3) is 3.94. The molecule has 0 amide bonds. The van der Waals surface area contributed by atoms with Crippen LogP contribution in [0.25, 0.3) is 22.9 Å². The van der Waals surface area contributed by atoms with E-state index in [0.717, 1.165) is 32.6 Å². The molecule has 3 aromatic carbocycles. The van der Waals surface area contributed by atoms with E-state index in [1.165, 1.54) is 0 Å². The van der Waals surface area contributed by atoms with E-state index in [2.05, 4.69) is 41.4 Å². The number of nitrogens with one attached hydrogen (secondary N) is 1. The normalized spacial score (nSPS) is 21.1. The highest BCUT2D eigenvalue weighted by Crippen LogP contribution is 2.24. The Hall–Kier alpha value is -4.12. The SMILES string of the molecule is C(/C1=N[C@@H](c2ccccc2)CO1)=c1/[nH]/c(=C\C2=N[C@@H](c3ccccc3)CO2)c2ccccc12. The molecule has 0 fully saturated rings. The Morgan fingerprint density at radius 2 is 1.03 bits per heavy atom. The van der Waals surface area contributed by atoms with Gasteiger partial charge in [0.1, 0.15) is 25.3 Å². The molecule has 33 heavy (non-hydrogen) atoms. The number of aromatic amines is 1. The molecule has 0 spiro atoms. The maximum atomic E-state index is 5.89. The van der Waals surface area contributed by atoms with E-state index in [-0.39, 0.29) is 12.1 Å². The lowest BCUT2D eigenvalue weighted by Gasteiger charge is -2.03. The molecule has 0 saturated heterocycles. The molecule has 2 aliphatic rings. The molecule has 3 heterocycles. The lowest BCUT2D eigenvalue weighted by molar-refractivity contribution is 0.323. The van der Waals surface area contributed by atoms with E-state index < -0.39 is 0 Å². The van der Waals surface area contributed by atoms with E-state index in [0.29, 0.717) is 25.0 Å². The first-order valence-corrected chi connectivity index (χ1v) is 11.1. The fraction of sp³-hybridized carbons (Fsp3) is 0.143. The van der Waals surface area contributed by atoms with Crippen LogP contribution in [-0.4, -0.2) is 30.0 Å². The first kappa shape index (κ1) is 19.6. The Kier molecular flexibility index (Phi) is 5.00. The summed E-state index contributed by atoms with van der Waals surface area (Å²) in [4.78, 5) is 13.1. The maximum absolute atomic E-state index is 5.89. The van der Waals surface area contributed by atoms with Crippen LogP contribution in [0.15, 0.2) is 94.9 Å². The van der Waals surface area contributed by atoms with Gasteiger partial charge in [0, 0.05) is 22.9 Å². The van der Waals surface area contributed by atoms with Crippen LogP contribution in [-0.2, 0) is 9.47 Å². The van der Waals surface area contributed by atoms with Crippen LogP contribution in [0.1, 0.15) is 23.2 Å². The van der Waals surface area contributed by atoms with Gasteiger partial charge in [-0.25, -0.2) is 9.98 Å². The first-order valence-electron chi connectivity index (χ1n) is 11.1. The van der Waals surface area contributed by atoms with Crippen LogP contribution in [0.4, 0.5) is 0 Å². The fourth-order valence-corrected chi connectivity index (χ4v) is 4.34. The average Bonchev–Trinajstić information content (AvgIpc) is 3.61. The Balaban J connectivity index is 1.37. The van der Waals surface area contributed by atoms with Gasteiger partial charge in [0.05, 0.1) is 10.7 Å². The highest BCUT2D eigenvalue weighted by molar-refractivity contribution is 6.09. The lowest BCUT2D eigenvalue weighted by atomic mass is 10.1. The van der Waals surface area contributed by atoms with Crippen LogP contribution in [0.5, 0.6) is 0 Å². The largest absolute Gasteiger partial charge is 0.475 e. The lowest BCUT2D eigenvalue weighted by Crippen LogP contribution is -2.14. The molecule has 1 aromatic heterocycles. The third-order valence-electron chi connectivity index (χ3n) is 6.03. The standard InChI is InChI=1S/C28H23N3O2/c1-3-9-19(10-4-1)25-17-32-27(30-25)15-23-21-13-7-8-14-22(21)24(29-23)16-28-31-26(18-33-28)20-11-5-2-6-12-20/h1-16,25-26,29H,17-18H2/b23-15-,24-16-/t25-,26-/m1/s1. The van der Waals surface area contributed by atoms with Gasteiger partial charge in [0.25, 0.3) is 0 Å². The van der Waals surface area contributed by atoms with Gasteiger partial charge in [-0.1, -0.05) is 84.9 Å². The zero-order valence-electron chi connectivity index (χ0n) is 18.0. The summed E-state index contributed by atoms with van der Waals surface area (Å²) in [6.07, 6.45) is 3.96. The topological polar surface area (TPSA) is 59.0 Å². The summed E-state index contributed by atoms with van der Waals surface area (Å²) in [6.45, 7) is 1.11. The van der Waals surface area contributed by atoms with Crippen LogP contribution in [0.3, 0.4) is 0 Å². The van der Waals surface area contributed by atoms with E-state index in [1.54, 1.807) is 0 Å². The minimum absolute atomic E-state index is 0.0286. The summed E-state index contributed by atoms with van der Waals surface area (Å²) in [5.74, 6) is 1.28. The van der Waals surface area contributed by atoms with Crippen LogP contribution < -0.4 is 10.7 Å². The molecular formula is C28H23N3O2. The summed E-state index contributed by atoms with van der Waals surface area (Å²) in [7, 11) is 0. The molecule has 0 bridgehead atoms. The van der Waals surface area contributed by atoms with Gasteiger partial charge < -0.3 is 14.5 Å².